The van der Waals surface area contributed by atoms with Crippen LogP contribution in [0.1, 0.15) is 75.8 Å². The summed E-state index contributed by atoms with van der Waals surface area (Å²) in [5.41, 5.74) is 1.35. The van der Waals surface area contributed by atoms with E-state index in [1.807, 2.05) is 19.1 Å². The summed E-state index contributed by atoms with van der Waals surface area (Å²) in [6, 6.07) is 3.74. The molecule has 2 aliphatic rings. The summed E-state index contributed by atoms with van der Waals surface area (Å²) < 4.78 is 20.0. The Morgan fingerprint density at radius 2 is 1.44 bits per heavy atom. The van der Waals surface area contributed by atoms with Crippen molar-refractivity contribution in [3.63, 3.8) is 0 Å². The first-order chi connectivity index (χ1) is 12.1. The van der Waals surface area contributed by atoms with Gasteiger partial charge in [-0.25, -0.2) is 4.39 Å². The van der Waals surface area contributed by atoms with Gasteiger partial charge in [0.15, 0.2) is 0 Å². The highest BCUT2D eigenvalue weighted by atomic mass is 19.1. The SMILES string of the molecule is CCC1CCC(C2CCC(COc3ccc(C)c(F)c3C)CC2)CC1. The lowest BCUT2D eigenvalue weighted by molar-refractivity contribution is 0.122. The van der Waals surface area contributed by atoms with E-state index in [0.717, 1.165) is 30.1 Å². The molecule has 0 spiro atoms. The zero-order valence-corrected chi connectivity index (χ0v) is 16.3. The van der Waals surface area contributed by atoms with Crippen LogP contribution < -0.4 is 4.74 Å². The fourth-order valence-electron chi connectivity index (χ4n) is 5.06. The van der Waals surface area contributed by atoms with Gasteiger partial charge in [0.25, 0.3) is 0 Å². The molecule has 2 heteroatoms. The van der Waals surface area contributed by atoms with Crippen molar-refractivity contribution in [3.8, 4) is 5.75 Å². The molecule has 0 unspecified atom stereocenters. The maximum absolute atomic E-state index is 14.0. The van der Waals surface area contributed by atoms with Crippen LogP contribution in [0.2, 0.25) is 0 Å². The highest BCUT2D eigenvalue weighted by molar-refractivity contribution is 5.37. The Hall–Kier alpha value is -1.05. The number of aryl methyl sites for hydroxylation is 1. The molecule has 1 aromatic carbocycles. The topological polar surface area (TPSA) is 9.23 Å². The fourth-order valence-corrected chi connectivity index (χ4v) is 5.06. The van der Waals surface area contributed by atoms with Crippen molar-refractivity contribution in [2.75, 3.05) is 6.61 Å². The van der Waals surface area contributed by atoms with Gasteiger partial charge >= 0.3 is 0 Å². The molecule has 0 heterocycles. The van der Waals surface area contributed by atoms with E-state index in [1.165, 1.54) is 57.8 Å². The normalized spacial score (nSPS) is 30.2. The number of rotatable bonds is 5. The summed E-state index contributed by atoms with van der Waals surface area (Å²) in [6.07, 6.45) is 12.5. The van der Waals surface area contributed by atoms with Gasteiger partial charge < -0.3 is 4.74 Å². The van der Waals surface area contributed by atoms with Gasteiger partial charge in [-0.2, -0.15) is 0 Å². The molecule has 0 aliphatic heterocycles. The average molecular weight is 347 g/mol. The summed E-state index contributed by atoms with van der Waals surface area (Å²) in [7, 11) is 0. The minimum Gasteiger partial charge on any atom is -0.493 e. The quantitative estimate of drug-likeness (QED) is 0.567. The minimum absolute atomic E-state index is 0.121. The highest BCUT2D eigenvalue weighted by Crippen LogP contribution is 2.42. The van der Waals surface area contributed by atoms with Crippen LogP contribution in [0.5, 0.6) is 5.75 Å². The molecule has 3 rings (SSSR count). The van der Waals surface area contributed by atoms with Gasteiger partial charge in [0.2, 0.25) is 0 Å². The van der Waals surface area contributed by atoms with Crippen LogP contribution in [0.3, 0.4) is 0 Å². The number of halogens is 1. The number of benzene rings is 1. The molecule has 0 aromatic heterocycles. The van der Waals surface area contributed by atoms with Gasteiger partial charge in [-0.1, -0.05) is 32.3 Å². The van der Waals surface area contributed by atoms with Crippen LogP contribution in [0.4, 0.5) is 4.39 Å². The van der Waals surface area contributed by atoms with E-state index < -0.39 is 0 Å². The first-order valence-electron chi connectivity index (χ1n) is 10.5. The third kappa shape index (κ3) is 4.57. The second-order valence-electron chi connectivity index (χ2n) is 8.60. The molecule has 1 nitrogen and oxygen atoms in total. The largest absolute Gasteiger partial charge is 0.493 e. The summed E-state index contributed by atoms with van der Waals surface area (Å²) in [5.74, 6) is 4.18. The fraction of sp³-hybridized carbons (Fsp3) is 0.739. The lowest BCUT2D eigenvalue weighted by Crippen LogP contribution is -2.27. The Kier molecular flexibility index (Phi) is 6.41. The third-order valence-corrected chi connectivity index (χ3v) is 7.03. The van der Waals surface area contributed by atoms with Crippen molar-refractivity contribution in [3.05, 3.63) is 29.1 Å². The molecule has 1 aromatic rings. The summed E-state index contributed by atoms with van der Waals surface area (Å²) in [5, 5.41) is 0. The first kappa shape index (κ1) is 18.7. The van der Waals surface area contributed by atoms with Gasteiger partial charge in [-0.3, -0.25) is 0 Å². The Morgan fingerprint density at radius 1 is 0.880 bits per heavy atom. The van der Waals surface area contributed by atoms with Crippen molar-refractivity contribution in [1.29, 1.82) is 0 Å². The van der Waals surface area contributed by atoms with Gasteiger partial charge in [-0.05, 0) is 87.7 Å². The van der Waals surface area contributed by atoms with Crippen molar-refractivity contribution >= 4 is 0 Å². The summed E-state index contributed by atoms with van der Waals surface area (Å²) in [4.78, 5) is 0. The maximum atomic E-state index is 14.0. The first-order valence-corrected chi connectivity index (χ1v) is 10.5. The van der Waals surface area contributed by atoms with E-state index in [0.29, 0.717) is 17.0 Å². The van der Waals surface area contributed by atoms with E-state index >= 15 is 0 Å². The van der Waals surface area contributed by atoms with E-state index in [4.69, 9.17) is 4.74 Å². The number of ether oxygens (including phenoxy) is 1. The lowest BCUT2D eigenvalue weighted by atomic mass is 9.69. The van der Waals surface area contributed by atoms with Crippen LogP contribution >= 0.6 is 0 Å². The molecular weight excluding hydrogens is 311 g/mol. The van der Waals surface area contributed by atoms with Gasteiger partial charge in [0.1, 0.15) is 11.6 Å². The van der Waals surface area contributed by atoms with Crippen molar-refractivity contribution in [2.24, 2.45) is 23.7 Å². The van der Waals surface area contributed by atoms with E-state index in [1.54, 1.807) is 6.92 Å². The lowest BCUT2D eigenvalue weighted by Gasteiger charge is -2.37. The van der Waals surface area contributed by atoms with E-state index in [-0.39, 0.29) is 5.82 Å². The number of hydrogen-bond donors (Lipinski definition) is 0. The monoisotopic (exact) mass is 346 g/mol. The molecule has 0 radical (unpaired) electrons. The summed E-state index contributed by atoms with van der Waals surface area (Å²) in [6.45, 7) is 6.72. The third-order valence-electron chi connectivity index (χ3n) is 7.03. The molecule has 140 valence electrons. The Bertz CT molecular complexity index is 551. The van der Waals surface area contributed by atoms with Crippen LogP contribution in [0.15, 0.2) is 12.1 Å². The molecule has 0 N–H and O–H groups in total. The molecule has 25 heavy (non-hydrogen) atoms. The molecular formula is C23H35FO. The zero-order chi connectivity index (χ0) is 17.8. The van der Waals surface area contributed by atoms with Gasteiger partial charge in [-0.15, -0.1) is 0 Å². The predicted octanol–water partition coefficient (Wildman–Crippen LogP) is 6.84. The maximum Gasteiger partial charge on any atom is 0.132 e. The second kappa shape index (κ2) is 8.56. The van der Waals surface area contributed by atoms with Crippen molar-refractivity contribution in [2.45, 2.75) is 78.6 Å². The van der Waals surface area contributed by atoms with Crippen LogP contribution in [0.25, 0.3) is 0 Å². The Balaban J connectivity index is 1.43. The molecule has 0 bridgehead atoms. The Labute approximate surface area is 153 Å². The zero-order valence-electron chi connectivity index (χ0n) is 16.3. The smallest absolute Gasteiger partial charge is 0.132 e. The predicted molar refractivity (Wildman–Crippen MR) is 103 cm³/mol. The van der Waals surface area contributed by atoms with Crippen molar-refractivity contribution in [1.82, 2.24) is 0 Å². The highest BCUT2D eigenvalue weighted by Gasteiger charge is 2.30. The average Bonchev–Trinajstić information content (AvgIpc) is 2.66. The molecule has 0 amide bonds. The van der Waals surface area contributed by atoms with Crippen molar-refractivity contribution < 1.29 is 9.13 Å². The second-order valence-corrected chi connectivity index (χ2v) is 8.60. The Morgan fingerprint density at radius 3 is 2.00 bits per heavy atom. The standard InChI is InChI=1S/C23H35FO/c1-4-18-6-10-20(11-7-18)21-12-8-19(9-13-21)15-25-22-14-5-16(2)23(24)17(22)3/h5,14,18-21H,4,6-13,15H2,1-3H3. The molecule has 0 atom stereocenters. The molecule has 2 aliphatic carbocycles. The minimum atomic E-state index is -0.121. The van der Waals surface area contributed by atoms with E-state index in [2.05, 4.69) is 6.92 Å². The van der Waals surface area contributed by atoms with Crippen LogP contribution in [0, 0.1) is 43.3 Å². The van der Waals surface area contributed by atoms with Gasteiger partial charge in [0.05, 0.1) is 6.61 Å². The molecule has 2 fully saturated rings. The van der Waals surface area contributed by atoms with Crippen LogP contribution in [-0.4, -0.2) is 6.61 Å². The van der Waals surface area contributed by atoms with Crippen LogP contribution in [-0.2, 0) is 0 Å². The van der Waals surface area contributed by atoms with Gasteiger partial charge in [0, 0.05) is 5.56 Å². The number of hydrogen-bond acceptors (Lipinski definition) is 1. The molecule has 2 saturated carbocycles. The molecule has 0 saturated heterocycles. The summed E-state index contributed by atoms with van der Waals surface area (Å²) >= 11 is 0. The van der Waals surface area contributed by atoms with E-state index in [9.17, 15) is 4.39 Å².